The van der Waals surface area contributed by atoms with Crippen LogP contribution in [0.5, 0.6) is 0 Å². The fourth-order valence-electron chi connectivity index (χ4n) is 1.38. The Morgan fingerprint density at radius 3 is 2.50 bits per heavy atom. The summed E-state index contributed by atoms with van der Waals surface area (Å²) in [6.07, 6.45) is 2.73. The molecule has 1 heterocycles. The average Bonchev–Trinajstić information content (AvgIpc) is 1.64. The molecule has 1 saturated heterocycles. The van der Waals surface area contributed by atoms with Gasteiger partial charge >= 0.3 is 0 Å². The van der Waals surface area contributed by atoms with Crippen molar-refractivity contribution in [2.45, 2.75) is 32.7 Å². The van der Waals surface area contributed by atoms with Crippen molar-refractivity contribution in [2.24, 2.45) is 5.92 Å². The normalized spacial score (nSPS) is 39.8. The fraction of sp³-hybridized carbons (Fsp3) is 1.00. The van der Waals surface area contributed by atoms with Crippen molar-refractivity contribution in [1.82, 2.24) is 5.32 Å². The van der Waals surface area contributed by atoms with Gasteiger partial charge in [-0.05, 0) is 32.2 Å². The molecule has 0 radical (unpaired) electrons. The Morgan fingerprint density at radius 1 is 1.38 bits per heavy atom. The van der Waals surface area contributed by atoms with E-state index in [1.165, 1.54) is 19.4 Å². The Morgan fingerprint density at radius 2 is 2.12 bits per heavy atom. The van der Waals surface area contributed by atoms with Gasteiger partial charge in [0.15, 0.2) is 0 Å². The van der Waals surface area contributed by atoms with Crippen molar-refractivity contribution < 1.29 is 0 Å². The minimum Gasteiger partial charge on any atom is -0.314 e. The first-order valence-corrected chi connectivity index (χ1v) is 3.52. The van der Waals surface area contributed by atoms with Gasteiger partial charge in [-0.1, -0.05) is 6.92 Å². The monoisotopic (exact) mass is 113 g/mol. The van der Waals surface area contributed by atoms with Crippen molar-refractivity contribution >= 4 is 0 Å². The van der Waals surface area contributed by atoms with Crippen molar-refractivity contribution in [2.75, 3.05) is 6.54 Å². The van der Waals surface area contributed by atoms with Crippen LogP contribution in [0.3, 0.4) is 0 Å². The van der Waals surface area contributed by atoms with Gasteiger partial charge in [0.2, 0.25) is 0 Å². The lowest BCUT2D eigenvalue weighted by atomic mass is 9.96. The van der Waals surface area contributed by atoms with Crippen LogP contribution in [0.2, 0.25) is 0 Å². The van der Waals surface area contributed by atoms with E-state index in [9.17, 15) is 0 Å². The van der Waals surface area contributed by atoms with E-state index in [4.69, 9.17) is 0 Å². The first-order chi connectivity index (χ1) is 3.79. The third kappa shape index (κ3) is 1.48. The molecule has 48 valence electrons. The lowest BCUT2D eigenvalue weighted by Crippen LogP contribution is -2.34. The summed E-state index contributed by atoms with van der Waals surface area (Å²) in [5.74, 6) is 0.950. The molecule has 0 unspecified atom stereocenters. The smallest absolute Gasteiger partial charge is 0.00412 e. The van der Waals surface area contributed by atoms with Gasteiger partial charge in [-0.25, -0.2) is 0 Å². The molecule has 1 nitrogen and oxygen atoms in total. The molecule has 2 atom stereocenters. The molecule has 1 fully saturated rings. The summed E-state index contributed by atoms with van der Waals surface area (Å²) in [7, 11) is 0. The van der Waals surface area contributed by atoms with Crippen LogP contribution >= 0.6 is 0 Å². The van der Waals surface area contributed by atoms with E-state index in [0.29, 0.717) is 0 Å². The minimum absolute atomic E-state index is 0.763. The molecule has 0 saturated carbocycles. The highest BCUT2D eigenvalue weighted by atomic mass is 14.9. The van der Waals surface area contributed by atoms with Crippen molar-refractivity contribution in [3.63, 3.8) is 0 Å². The van der Waals surface area contributed by atoms with Crippen LogP contribution in [-0.4, -0.2) is 12.6 Å². The zero-order valence-corrected chi connectivity index (χ0v) is 5.78. The molecule has 0 spiro atoms. The Labute approximate surface area is 51.5 Å². The molecule has 1 aliphatic heterocycles. The molecule has 0 aromatic rings. The highest BCUT2D eigenvalue weighted by Crippen LogP contribution is 2.13. The van der Waals surface area contributed by atoms with Gasteiger partial charge in [-0.15, -0.1) is 0 Å². The molecule has 0 amide bonds. The highest BCUT2D eigenvalue weighted by Gasteiger charge is 2.12. The molecule has 0 aliphatic carbocycles. The van der Waals surface area contributed by atoms with Crippen LogP contribution in [0.1, 0.15) is 26.7 Å². The van der Waals surface area contributed by atoms with Gasteiger partial charge in [-0.2, -0.15) is 0 Å². The van der Waals surface area contributed by atoms with Crippen molar-refractivity contribution in [3.8, 4) is 0 Å². The maximum atomic E-state index is 3.41. The van der Waals surface area contributed by atoms with Gasteiger partial charge < -0.3 is 5.32 Å². The summed E-state index contributed by atoms with van der Waals surface area (Å²) in [6.45, 7) is 5.81. The van der Waals surface area contributed by atoms with Crippen LogP contribution in [0, 0.1) is 5.92 Å². The largest absolute Gasteiger partial charge is 0.314 e. The third-order valence-electron chi connectivity index (χ3n) is 1.89. The molecular weight excluding hydrogens is 98.1 g/mol. The zero-order valence-electron chi connectivity index (χ0n) is 5.78. The molecule has 0 bridgehead atoms. The summed E-state index contributed by atoms with van der Waals surface area (Å²) in [6, 6.07) is 0.763. The predicted molar refractivity (Wildman–Crippen MR) is 35.9 cm³/mol. The lowest BCUT2D eigenvalue weighted by Gasteiger charge is -2.24. The number of piperidine rings is 1. The highest BCUT2D eigenvalue weighted by molar-refractivity contribution is 4.71. The SMILES string of the molecule is C[C@@H]1CCN[C@H](C)C1. The van der Waals surface area contributed by atoms with E-state index < -0.39 is 0 Å². The molecule has 8 heavy (non-hydrogen) atoms. The Bertz CT molecular complexity index is 62.8. The number of rotatable bonds is 0. The average molecular weight is 113 g/mol. The quantitative estimate of drug-likeness (QED) is 0.500. The molecule has 0 aromatic carbocycles. The van der Waals surface area contributed by atoms with Gasteiger partial charge in [0.1, 0.15) is 0 Å². The molecule has 1 N–H and O–H groups in total. The van der Waals surface area contributed by atoms with Crippen LogP contribution < -0.4 is 5.32 Å². The van der Waals surface area contributed by atoms with Gasteiger partial charge in [0.25, 0.3) is 0 Å². The summed E-state index contributed by atoms with van der Waals surface area (Å²) >= 11 is 0. The van der Waals surface area contributed by atoms with Crippen LogP contribution in [0.15, 0.2) is 0 Å². The predicted octanol–water partition coefficient (Wildman–Crippen LogP) is 1.39. The van der Waals surface area contributed by atoms with E-state index >= 15 is 0 Å². The van der Waals surface area contributed by atoms with Gasteiger partial charge in [-0.3, -0.25) is 0 Å². The number of hydrogen-bond donors (Lipinski definition) is 1. The lowest BCUT2D eigenvalue weighted by molar-refractivity contribution is 0.336. The Hall–Kier alpha value is -0.0400. The van der Waals surface area contributed by atoms with Crippen LogP contribution in [0.25, 0.3) is 0 Å². The van der Waals surface area contributed by atoms with Crippen LogP contribution in [-0.2, 0) is 0 Å². The van der Waals surface area contributed by atoms with E-state index in [-0.39, 0.29) is 0 Å². The minimum atomic E-state index is 0.763. The number of hydrogen-bond acceptors (Lipinski definition) is 1. The molecule has 1 rings (SSSR count). The van der Waals surface area contributed by atoms with Gasteiger partial charge in [0.05, 0.1) is 0 Å². The standard InChI is InChI=1S/C7H15N/c1-6-3-4-8-7(2)5-6/h6-8H,3-5H2,1-2H3/t6-,7-/m1/s1. The second-order valence-electron chi connectivity index (χ2n) is 2.98. The van der Waals surface area contributed by atoms with E-state index in [1.807, 2.05) is 0 Å². The first-order valence-electron chi connectivity index (χ1n) is 3.52. The van der Waals surface area contributed by atoms with Crippen molar-refractivity contribution in [1.29, 1.82) is 0 Å². The first kappa shape index (κ1) is 6.09. The zero-order chi connectivity index (χ0) is 5.98. The summed E-state index contributed by atoms with van der Waals surface area (Å²) in [5.41, 5.74) is 0. The van der Waals surface area contributed by atoms with Crippen molar-refractivity contribution in [3.05, 3.63) is 0 Å². The Balaban J connectivity index is 2.23. The summed E-state index contributed by atoms with van der Waals surface area (Å²) in [4.78, 5) is 0. The summed E-state index contributed by atoms with van der Waals surface area (Å²) in [5, 5.41) is 3.41. The molecule has 0 aromatic heterocycles. The maximum absolute atomic E-state index is 3.41. The third-order valence-corrected chi connectivity index (χ3v) is 1.89. The molecule has 1 heteroatoms. The van der Waals surface area contributed by atoms with Gasteiger partial charge in [0, 0.05) is 6.04 Å². The second kappa shape index (κ2) is 2.49. The van der Waals surface area contributed by atoms with Crippen LogP contribution in [0.4, 0.5) is 0 Å². The van der Waals surface area contributed by atoms with E-state index in [0.717, 1.165) is 12.0 Å². The molecular formula is C7H15N. The Kier molecular flexibility index (Phi) is 1.90. The molecule has 1 aliphatic rings. The topological polar surface area (TPSA) is 12.0 Å². The second-order valence-corrected chi connectivity index (χ2v) is 2.98. The number of nitrogens with one attached hydrogen (secondary N) is 1. The summed E-state index contributed by atoms with van der Waals surface area (Å²) < 4.78 is 0. The fourth-order valence-corrected chi connectivity index (χ4v) is 1.38. The van der Waals surface area contributed by atoms with E-state index in [1.54, 1.807) is 0 Å². The maximum Gasteiger partial charge on any atom is 0.00412 e. The van der Waals surface area contributed by atoms with E-state index in [2.05, 4.69) is 19.2 Å².